The summed E-state index contributed by atoms with van der Waals surface area (Å²) in [5.41, 5.74) is 1.93. The Kier molecular flexibility index (Phi) is 3.47. The van der Waals surface area contributed by atoms with Crippen LogP contribution in [0.4, 0.5) is 0 Å². The van der Waals surface area contributed by atoms with Crippen LogP contribution in [0.3, 0.4) is 0 Å². The molecule has 1 fully saturated rings. The van der Waals surface area contributed by atoms with Gasteiger partial charge in [-0.3, -0.25) is 4.79 Å². The summed E-state index contributed by atoms with van der Waals surface area (Å²) in [5, 5.41) is 10.0. The van der Waals surface area contributed by atoms with E-state index in [0.717, 1.165) is 29.9 Å². The van der Waals surface area contributed by atoms with Gasteiger partial charge in [-0.15, -0.1) is 0 Å². The van der Waals surface area contributed by atoms with Crippen LogP contribution in [0.5, 0.6) is 0 Å². The zero-order chi connectivity index (χ0) is 12.4. The summed E-state index contributed by atoms with van der Waals surface area (Å²) in [7, 11) is 0. The molecule has 2 N–H and O–H groups in total. The summed E-state index contributed by atoms with van der Waals surface area (Å²) < 4.78 is 5.11. The fourth-order valence-corrected chi connectivity index (χ4v) is 1.96. The minimum Gasteiger partial charge on any atom is -0.361 e. The van der Waals surface area contributed by atoms with Crippen molar-refractivity contribution >= 4 is 5.91 Å². The Hall–Kier alpha value is -1.36. The van der Waals surface area contributed by atoms with E-state index in [4.69, 9.17) is 4.52 Å². The molecule has 1 aromatic rings. The van der Waals surface area contributed by atoms with Crippen LogP contribution in [0.1, 0.15) is 42.8 Å². The Morgan fingerprint density at radius 3 is 2.76 bits per heavy atom. The normalized spacial score (nSPS) is 16.9. The predicted molar refractivity (Wildman–Crippen MR) is 63.6 cm³/mol. The molecule has 1 aliphatic rings. The highest BCUT2D eigenvalue weighted by atomic mass is 16.5. The van der Waals surface area contributed by atoms with Crippen LogP contribution in [0.2, 0.25) is 0 Å². The number of carbonyl (C=O) groups is 1. The third-order valence-electron chi connectivity index (χ3n) is 3.03. The Morgan fingerprint density at radius 2 is 2.24 bits per heavy atom. The number of amides is 1. The molecule has 0 saturated heterocycles. The molecule has 0 aromatic carbocycles. The molecule has 1 amide bonds. The molecule has 5 nitrogen and oxygen atoms in total. The number of hydrogen-bond acceptors (Lipinski definition) is 4. The van der Waals surface area contributed by atoms with Crippen LogP contribution in [-0.2, 0) is 4.79 Å². The Bertz CT molecular complexity index is 390. The maximum absolute atomic E-state index is 11.5. The van der Waals surface area contributed by atoms with Gasteiger partial charge in [0.2, 0.25) is 5.91 Å². The van der Waals surface area contributed by atoms with E-state index in [2.05, 4.69) is 15.8 Å². The van der Waals surface area contributed by atoms with E-state index < -0.39 is 0 Å². The van der Waals surface area contributed by atoms with Crippen LogP contribution < -0.4 is 10.6 Å². The maximum atomic E-state index is 11.5. The molecule has 1 aromatic heterocycles. The molecular formula is C12H19N3O2. The second-order valence-electron chi connectivity index (χ2n) is 4.68. The smallest absolute Gasteiger partial charge is 0.234 e. The fourth-order valence-electron chi connectivity index (χ4n) is 1.96. The largest absolute Gasteiger partial charge is 0.361 e. The van der Waals surface area contributed by atoms with E-state index in [0.29, 0.717) is 12.6 Å². The highest BCUT2D eigenvalue weighted by Crippen LogP contribution is 2.21. The van der Waals surface area contributed by atoms with Gasteiger partial charge < -0.3 is 15.2 Å². The summed E-state index contributed by atoms with van der Waals surface area (Å²) in [6.45, 7) is 6.14. The van der Waals surface area contributed by atoms with E-state index in [1.54, 1.807) is 0 Å². The number of carbonyl (C=O) groups excluding carboxylic acids is 1. The first-order valence-electron chi connectivity index (χ1n) is 6.03. The lowest BCUT2D eigenvalue weighted by Crippen LogP contribution is -2.36. The molecule has 1 heterocycles. The average molecular weight is 237 g/mol. The Labute approximate surface area is 101 Å². The topological polar surface area (TPSA) is 67.2 Å². The highest BCUT2D eigenvalue weighted by molar-refractivity contribution is 5.78. The molecule has 94 valence electrons. The zero-order valence-electron chi connectivity index (χ0n) is 10.5. The van der Waals surface area contributed by atoms with Gasteiger partial charge in [0, 0.05) is 17.6 Å². The average Bonchev–Trinajstić information content (AvgIpc) is 3.01. The van der Waals surface area contributed by atoms with Gasteiger partial charge in [-0.25, -0.2) is 0 Å². The molecule has 1 saturated carbocycles. The molecule has 1 unspecified atom stereocenters. The molecule has 0 aliphatic heterocycles. The van der Waals surface area contributed by atoms with Gasteiger partial charge in [0.25, 0.3) is 0 Å². The molecule has 1 atom stereocenters. The summed E-state index contributed by atoms with van der Waals surface area (Å²) in [6, 6.07) is 0.491. The quantitative estimate of drug-likeness (QED) is 0.808. The second-order valence-corrected chi connectivity index (χ2v) is 4.68. The van der Waals surface area contributed by atoms with Gasteiger partial charge in [-0.2, -0.15) is 0 Å². The third kappa shape index (κ3) is 3.06. The number of nitrogens with zero attached hydrogens (tertiary/aromatic N) is 1. The van der Waals surface area contributed by atoms with Gasteiger partial charge in [0.15, 0.2) is 0 Å². The van der Waals surface area contributed by atoms with Crippen molar-refractivity contribution in [2.75, 3.05) is 6.54 Å². The van der Waals surface area contributed by atoms with Crippen LogP contribution in [-0.4, -0.2) is 23.7 Å². The SMILES string of the molecule is Cc1noc(C)c1C(C)NCC(=O)NC1CC1. The van der Waals surface area contributed by atoms with Gasteiger partial charge in [-0.05, 0) is 33.6 Å². The van der Waals surface area contributed by atoms with Crippen molar-refractivity contribution in [3.8, 4) is 0 Å². The molecule has 0 radical (unpaired) electrons. The predicted octanol–water partition coefficient (Wildman–Crippen LogP) is 1.22. The van der Waals surface area contributed by atoms with Crippen molar-refractivity contribution in [2.24, 2.45) is 0 Å². The molecular weight excluding hydrogens is 218 g/mol. The van der Waals surface area contributed by atoms with E-state index in [9.17, 15) is 4.79 Å². The lowest BCUT2D eigenvalue weighted by molar-refractivity contribution is -0.120. The number of aromatic nitrogens is 1. The van der Waals surface area contributed by atoms with E-state index >= 15 is 0 Å². The fraction of sp³-hybridized carbons (Fsp3) is 0.667. The molecule has 2 rings (SSSR count). The van der Waals surface area contributed by atoms with Crippen molar-refractivity contribution in [3.05, 3.63) is 17.0 Å². The lowest BCUT2D eigenvalue weighted by atomic mass is 10.1. The first kappa shape index (κ1) is 12.1. The number of rotatable bonds is 5. The van der Waals surface area contributed by atoms with Gasteiger partial charge in [0.05, 0.1) is 12.2 Å². The van der Waals surface area contributed by atoms with Crippen LogP contribution in [0.15, 0.2) is 4.52 Å². The number of nitrogens with one attached hydrogen (secondary N) is 2. The van der Waals surface area contributed by atoms with Crippen molar-refractivity contribution in [1.82, 2.24) is 15.8 Å². The molecule has 0 spiro atoms. The van der Waals surface area contributed by atoms with Crippen LogP contribution in [0, 0.1) is 13.8 Å². The van der Waals surface area contributed by atoms with Gasteiger partial charge in [0.1, 0.15) is 5.76 Å². The van der Waals surface area contributed by atoms with Crippen LogP contribution in [0.25, 0.3) is 0 Å². The van der Waals surface area contributed by atoms with Crippen molar-refractivity contribution < 1.29 is 9.32 Å². The Balaban J connectivity index is 1.84. The van der Waals surface area contributed by atoms with E-state index in [1.165, 1.54) is 0 Å². The summed E-state index contributed by atoms with van der Waals surface area (Å²) in [6.07, 6.45) is 2.23. The monoisotopic (exact) mass is 237 g/mol. The second kappa shape index (κ2) is 4.87. The van der Waals surface area contributed by atoms with E-state index in [-0.39, 0.29) is 11.9 Å². The highest BCUT2D eigenvalue weighted by Gasteiger charge is 2.23. The number of hydrogen-bond donors (Lipinski definition) is 2. The van der Waals surface area contributed by atoms with Crippen molar-refractivity contribution in [2.45, 2.75) is 45.7 Å². The van der Waals surface area contributed by atoms with Gasteiger partial charge >= 0.3 is 0 Å². The minimum absolute atomic E-state index is 0.0612. The minimum atomic E-state index is 0.0612. The molecule has 5 heteroatoms. The summed E-state index contributed by atoms with van der Waals surface area (Å²) in [4.78, 5) is 11.5. The van der Waals surface area contributed by atoms with Crippen molar-refractivity contribution in [1.29, 1.82) is 0 Å². The van der Waals surface area contributed by atoms with Crippen LogP contribution >= 0.6 is 0 Å². The summed E-state index contributed by atoms with van der Waals surface area (Å²) in [5.74, 6) is 0.871. The van der Waals surface area contributed by atoms with E-state index in [1.807, 2.05) is 20.8 Å². The lowest BCUT2D eigenvalue weighted by Gasteiger charge is -2.13. The van der Waals surface area contributed by atoms with Crippen molar-refractivity contribution in [3.63, 3.8) is 0 Å². The number of aryl methyl sites for hydroxylation is 2. The maximum Gasteiger partial charge on any atom is 0.234 e. The molecule has 17 heavy (non-hydrogen) atoms. The zero-order valence-corrected chi connectivity index (χ0v) is 10.5. The Morgan fingerprint density at radius 1 is 1.53 bits per heavy atom. The third-order valence-corrected chi connectivity index (χ3v) is 3.03. The van der Waals surface area contributed by atoms with Gasteiger partial charge in [-0.1, -0.05) is 5.16 Å². The molecule has 1 aliphatic carbocycles. The standard InChI is InChI=1S/C12H19N3O2/c1-7(12-8(2)15-17-9(12)3)13-6-11(16)14-10-4-5-10/h7,10,13H,4-6H2,1-3H3,(H,14,16). The molecule has 0 bridgehead atoms. The first-order valence-corrected chi connectivity index (χ1v) is 6.03. The first-order chi connectivity index (χ1) is 8.08. The summed E-state index contributed by atoms with van der Waals surface area (Å²) >= 11 is 0.